The normalized spacial score (nSPS) is 20.3. The molecule has 0 bridgehead atoms. The predicted octanol–water partition coefficient (Wildman–Crippen LogP) is 7.44. The molecule has 5 heteroatoms. The molecule has 3 atom stereocenters. The largest absolute Gasteiger partial charge is 0.385 e. The highest BCUT2D eigenvalue weighted by atomic mass is 19.1. The summed E-state index contributed by atoms with van der Waals surface area (Å²) in [5.74, 6) is 0.519. The molecule has 0 spiro atoms. The summed E-state index contributed by atoms with van der Waals surface area (Å²) < 4.78 is 15.0. The van der Waals surface area contributed by atoms with Gasteiger partial charge >= 0.3 is 0 Å². The maximum atomic E-state index is 15.0. The lowest BCUT2D eigenvalue weighted by Crippen LogP contribution is -2.07. The third kappa shape index (κ3) is 4.94. The quantitative estimate of drug-likeness (QED) is 0.253. The second kappa shape index (κ2) is 9.74. The number of carbonyl (C=O) groups is 1. The lowest BCUT2D eigenvalue weighted by Gasteiger charge is -2.11. The number of nitrogens with zero attached hydrogens (tertiary/aromatic N) is 2. The summed E-state index contributed by atoms with van der Waals surface area (Å²) in [6.45, 7) is 1.86. The molecule has 1 aliphatic carbocycles. The van der Waals surface area contributed by atoms with E-state index in [9.17, 15) is 9.18 Å². The van der Waals surface area contributed by atoms with Crippen LogP contribution in [0, 0.1) is 18.7 Å². The number of aromatic nitrogens is 1. The van der Waals surface area contributed by atoms with Crippen molar-refractivity contribution in [2.75, 3.05) is 0 Å². The van der Waals surface area contributed by atoms with Crippen molar-refractivity contribution in [3.05, 3.63) is 125 Å². The molecule has 1 aliphatic heterocycles. The van der Waals surface area contributed by atoms with Crippen LogP contribution < -0.4 is 0 Å². The predicted molar refractivity (Wildman–Crippen MR) is 142 cm³/mol. The summed E-state index contributed by atoms with van der Waals surface area (Å²) in [7, 11) is 0. The number of ketones is 1. The number of Topliss-reactive ketones (excluding diaryl/α,β-unsaturated/α-hetero) is 1. The Bertz CT molecular complexity index is 1480. The zero-order chi connectivity index (χ0) is 25.4. The Hall–Kier alpha value is -4.12. The van der Waals surface area contributed by atoms with Gasteiger partial charge in [0.15, 0.2) is 11.9 Å². The van der Waals surface area contributed by atoms with E-state index in [0.29, 0.717) is 41.4 Å². The van der Waals surface area contributed by atoms with Gasteiger partial charge in [-0.05, 0) is 78.3 Å². The molecule has 2 aliphatic rings. The zero-order valence-corrected chi connectivity index (χ0v) is 20.6. The van der Waals surface area contributed by atoms with Crippen molar-refractivity contribution in [3.8, 4) is 11.1 Å². The Kier molecular flexibility index (Phi) is 6.13. The fourth-order valence-electron chi connectivity index (χ4n) is 5.18. The molecule has 1 aromatic heterocycles. The van der Waals surface area contributed by atoms with E-state index in [4.69, 9.17) is 4.84 Å². The van der Waals surface area contributed by atoms with E-state index < -0.39 is 0 Å². The van der Waals surface area contributed by atoms with Gasteiger partial charge in [-0.15, -0.1) is 0 Å². The molecule has 4 nitrogen and oxygen atoms in total. The molecule has 1 saturated carbocycles. The maximum absolute atomic E-state index is 15.0. The number of hydrogen-bond donors (Lipinski definition) is 0. The molecule has 184 valence electrons. The van der Waals surface area contributed by atoms with Crippen LogP contribution in [0.3, 0.4) is 0 Å². The number of pyridine rings is 1. The van der Waals surface area contributed by atoms with Gasteiger partial charge in [0.05, 0.1) is 11.4 Å². The third-order valence-corrected chi connectivity index (χ3v) is 7.31. The Labute approximate surface area is 215 Å². The minimum Gasteiger partial charge on any atom is -0.385 e. The molecule has 0 amide bonds. The number of carbonyl (C=O) groups excluding carboxylic acids is 1. The smallest absolute Gasteiger partial charge is 0.174 e. The summed E-state index contributed by atoms with van der Waals surface area (Å²) >= 11 is 0. The molecule has 3 aromatic carbocycles. The van der Waals surface area contributed by atoms with E-state index in [0.717, 1.165) is 29.0 Å². The van der Waals surface area contributed by atoms with E-state index in [1.807, 2.05) is 67.6 Å². The maximum Gasteiger partial charge on any atom is 0.174 e. The third-order valence-electron chi connectivity index (χ3n) is 7.31. The van der Waals surface area contributed by atoms with Crippen LogP contribution in [-0.4, -0.2) is 16.5 Å². The van der Waals surface area contributed by atoms with Crippen molar-refractivity contribution in [1.29, 1.82) is 0 Å². The van der Waals surface area contributed by atoms with Crippen LogP contribution in [0.5, 0.6) is 0 Å². The van der Waals surface area contributed by atoms with Gasteiger partial charge in [-0.2, -0.15) is 0 Å². The van der Waals surface area contributed by atoms with Crippen molar-refractivity contribution in [2.24, 2.45) is 11.1 Å². The number of halogens is 1. The summed E-state index contributed by atoms with van der Waals surface area (Å²) in [5.41, 5.74) is 6.15. The molecule has 0 N–H and O–H groups in total. The summed E-state index contributed by atoms with van der Waals surface area (Å²) in [6.07, 6.45) is 3.46. The van der Waals surface area contributed by atoms with Crippen LogP contribution in [-0.2, 0) is 4.84 Å². The molecule has 4 aromatic rings. The van der Waals surface area contributed by atoms with Crippen LogP contribution in [0.15, 0.2) is 96.3 Å². The van der Waals surface area contributed by atoms with Gasteiger partial charge in [-0.25, -0.2) is 4.39 Å². The fourth-order valence-corrected chi connectivity index (χ4v) is 5.18. The zero-order valence-electron chi connectivity index (χ0n) is 20.6. The fraction of sp³-hybridized carbons (Fsp3) is 0.219. The highest BCUT2D eigenvalue weighted by Crippen LogP contribution is 2.50. The van der Waals surface area contributed by atoms with E-state index in [-0.39, 0.29) is 17.7 Å². The van der Waals surface area contributed by atoms with Gasteiger partial charge in [-0.3, -0.25) is 9.78 Å². The van der Waals surface area contributed by atoms with Gasteiger partial charge in [-0.1, -0.05) is 53.7 Å². The first-order valence-corrected chi connectivity index (χ1v) is 12.7. The first-order valence-electron chi connectivity index (χ1n) is 12.7. The number of rotatable bonds is 7. The van der Waals surface area contributed by atoms with E-state index >= 15 is 0 Å². The topological polar surface area (TPSA) is 51.5 Å². The number of aryl methyl sites for hydroxylation is 1. The molecular weight excluding hydrogens is 463 g/mol. The van der Waals surface area contributed by atoms with Crippen LogP contribution in [0.1, 0.15) is 64.0 Å². The molecule has 1 fully saturated rings. The first kappa shape index (κ1) is 23.3. The van der Waals surface area contributed by atoms with Gasteiger partial charge < -0.3 is 4.84 Å². The first-order chi connectivity index (χ1) is 18.0. The van der Waals surface area contributed by atoms with Crippen molar-refractivity contribution in [1.82, 2.24) is 4.98 Å². The highest BCUT2D eigenvalue weighted by molar-refractivity contribution is 6.06. The number of oxime groups is 1. The lowest BCUT2D eigenvalue weighted by atomic mass is 9.92. The van der Waals surface area contributed by atoms with Crippen molar-refractivity contribution >= 4 is 11.5 Å². The SMILES string of the molecule is Cc1ccc(-c2cc(C(=O)CC3CC3c3ccccc3)cc(C3=NOC(c4ccccn4)C3)c2)c(F)c1. The Morgan fingerprint density at radius 2 is 1.78 bits per heavy atom. The number of hydrogen-bond acceptors (Lipinski definition) is 4. The molecule has 0 saturated heterocycles. The molecular formula is C32H27FN2O2. The average molecular weight is 491 g/mol. The van der Waals surface area contributed by atoms with E-state index in [1.54, 1.807) is 12.3 Å². The average Bonchev–Trinajstić information content (AvgIpc) is 3.50. The second-order valence-corrected chi connectivity index (χ2v) is 10.0. The van der Waals surface area contributed by atoms with Crippen LogP contribution in [0.4, 0.5) is 4.39 Å². The van der Waals surface area contributed by atoms with Crippen LogP contribution in [0.25, 0.3) is 11.1 Å². The van der Waals surface area contributed by atoms with Gasteiger partial charge in [0, 0.05) is 35.7 Å². The summed E-state index contributed by atoms with van der Waals surface area (Å²) in [6, 6.07) is 26.8. The molecule has 37 heavy (non-hydrogen) atoms. The summed E-state index contributed by atoms with van der Waals surface area (Å²) in [4.78, 5) is 23.6. The van der Waals surface area contributed by atoms with Crippen molar-refractivity contribution < 1.29 is 14.0 Å². The Morgan fingerprint density at radius 3 is 2.57 bits per heavy atom. The second-order valence-electron chi connectivity index (χ2n) is 10.0. The Morgan fingerprint density at radius 1 is 0.973 bits per heavy atom. The van der Waals surface area contributed by atoms with Gasteiger partial charge in [0.1, 0.15) is 5.82 Å². The highest BCUT2D eigenvalue weighted by Gasteiger charge is 2.39. The van der Waals surface area contributed by atoms with E-state index in [2.05, 4.69) is 22.3 Å². The van der Waals surface area contributed by atoms with Crippen molar-refractivity contribution in [2.45, 2.75) is 38.2 Å². The molecule has 3 unspecified atom stereocenters. The summed E-state index contributed by atoms with van der Waals surface area (Å²) in [5, 5.41) is 4.33. The van der Waals surface area contributed by atoms with Crippen LogP contribution in [0.2, 0.25) is 0 Å². The van der Waals surface area contributed by atoms with Gasteiger partial charge in [0.25, 0.3) is 0 Å². The number of benzene rings is 3. The van der Waals surface area contributed by atoms with Gasteiger partial charge in [0.2, 0.25) is 0 Å². The Balaban J connectivity index is 1.30. The molecule has 2 heterocycles. The van der Waals surface area contributed by atoms with Crippen LogP contribution >= 0.6 is 0 Å². The minimum absolute atomic E-state index is 0.0693. The minimum atomic E-state index is -0.308. The lowest BCUT2D eigenvalue weighted by molar-refractivity contribution is 0.0826. The van der Waals surface area contributed by atoms with E-state index in [1.165, 1.54) is 11.6 Å². The molecule has 6 rings (SSSR count). The standard InChI is InChI=1S/C32H27FN2O2/c1-20-10-11-26(28(33)13-20)22-14-24(30-19-32(37-35-30)29-9-5-6-12-34-29)16-25(15-22)31(36)18-23-17-27(23)21-7-3-2-4-8-21/h2-16,23,27,32H,17-19H2,1H3. The van der Waals surface area contributed by atoms with Crippen molar-refractivity contribution in [3.63, 3.8) is 0 Å². The molecule has 0 radical (unpaired) electrons. The monoisotopic (exact) mass is 490 g/mol.